The Kier molecular flexibility index (Phi) is 4.99. The van der Waals surface area contributed by atoms with Crippen molar-refractivity contribution in [3.8, 4) is 5.88 Å². The molecule has 128 valence electrons. The molecule has 6 heteroatoms. The highest BCUT2D eigenvalue weighted by Crippen LogP contribution is 2.40. The molecule has 0 saturated carbocycles. The van der Waals surface area contributed by atoms with Crippen LogP contribution in [0.2, 0.25) is 0 Å². The van der Waals surface area contributed by atoms with Crippen LogP contribution in [0, 0.1) is 0 Å². The molecular weight excluding hydrogens is 382 g/mol. The predicted octanol–water partition coefficient (Wildman–Crippen LogP) is 5.54. The molecule has 1 N–H and O–H groups in total. The van der Waals surface area contributed by atoms with Gasteiger partial charge in [-0.2, -0.15) is 0 Å². The first-order valence-corrected chi connectivity index (χ1v) is 8.77. The fourth-order valence-corrected chi connectivity index (χ4v) is 3.04. The van der Waals surface area contributed by atoms with Crippen molar-refractivity contribution in [2.24, 2.45) is 10.2 Å². The normalized spacial score (nSPS) is 11.7. The number of halogens is 1. The van der Waals surface area contributed by atoms with E-state index in [1.807, 2.05) is 62.4 Å². The van der Waals surface area contributed by atoms with Gasteiger partial charge in [-0.15, -0.1) is 10.2 Å². The highest BCUT2D eigenvalue weighted by molar-refractivity contribution is 9.10. The second kappa shape index (κ2) is 7.19. The molecule has 0 saturated heterocycles. The van der Waals surface area contributed by atoms with Crippen LogP contribution in [-0.2, 0) is 11.2 Å². The Labute approximate surface area is 154 Å². The fraction of sp³-hybridized carbons (Fsp3) is 0.211. The van der Waals surface area contributed by atoms with Crippen LogP contribution in [0.1, 0.15) is 25.5 Å². The van der Waals surface area contributed by atoms with Crippen molar-refractivity contribution in [3.63, 3.8) is 0 Å². The molecule has 1 heterocycles. The van der Waals surface area contributed by atoms with Gasteiger partial charge in [-0.25, -0.2) is 0 Å². The largest absolute Gasteiger partial charge is 0.493 e. The minimum atomic E-state index is -0.358. The summed E-state index contributed by atoms with van der Waals surface area (Å²) < 4.78 is 2.74. The fourth-order valence-electron chi connectivity index (χ4n) is 2.77. The van der Waals surface area contributed by atoms with Crippen LogP contribution in [0.4, 0.5) is 5.69 Å². The van der Waals surface area contributed by atoms with Gasteiger partial charge in [-0.1, -0.05) is 46.3 Å². The van der Waals surface area contributed by atoms with Gasteiger partial charge in [0.25, 0.3) is 5.91 Å². The van der Waals surface area contributed by atoms with E-state index in [9.17, 15) is 9.90 Å². The van der Waals surface area contributed by atoms with Crippen molar-refractivity contribution in [2.75, 3.05) is 0 Å². The first-order valence-electron chi connectivity index (χ1n) is 7.98. The van der Waals surface area contributed by atoms with E-state index in [0.717, 1.165) is 20.9 Å². The molecular formula is C19H18BrN3O2. The van der Waals surface area contributed by atoms with E-state index in [1.54, 1.807) is 4.57 Å². The summed E-state index contributed by atoms with van der Waals surface area (Å²) in [5, 5.41) is 19.1. The van der Waals surface area contributed by atoms with E-state index in [1.165, 1.54) is 0 Å². The number of aromatic hydroxyl groups is 1. The Morgan fingerprint density at radius 1 is 1.16 bits per heavy atom. The molecule has 0 bridgehead atoms. The summed E-state index contributed by atoms with van der Waals surface area (Å²) >= 11 is 3.36. The average Bonchev–Trinajstić information content (AvgIpc) is 2.86. The zero-order valence-corrected chi connectivity index (χ0v) is 15.6. The molecule has 0 aliphatic rings. The second-order valence-electron chi connectivity index (χ2n) is 6.05. The van der Waals surface area contributed by atoms with Crippen molar-refractivity contribution >= 4 is 38.4 Å². The number of aromatic nitrogens is 1. The summed E-state index contributed by atoms with van der Waals surface area (Å²) in [5.41, 5.74) is 2.05. The standard InChI is InChI=1S/C19H18BrN3O2/c1-12(2)23-16-6-4-3-5-15(16)18(19(23)25)22-21-17(24)11-13-7-9-14(20)10-8-13/h3-10,12,25H,11H2,1-2H3. The Morgan fingerprint density at radius 3 is 2.52 bits per heavy atom. The van der Waals surface area contributed by atoms with Crippen molar-refractivity contribution in [2.45, 2.75) is 26.3 Å². The third kappa shape index (κ3) is 3.64. The predicted molar refractivity (Wildman–Crippen MR) is 101 cm³/mol. The van der Waals surface area contributed by atoms with Gasteiger partial charge in [0, 0.05) is 15.9 Å². The molecule has 1 amide bonds. The number of carbonyl (C=O) groups is 1. The number of hydrogen-bond donors (Lipinski definition) is 1. The lowest BCUT2D eigenvalue weighted by Gasteiger charge is -2.10. The quantitative estimate of drug-likeness (QED) is 0.584. The number of fused-ring (bicyclic) bond motifs is 1. The van der Waals surface area contributed by atoms with Crippen LogP contribution in [0.15, 0.2) is 63.2 Å². The zero-order valence-electron chi connectivity index (χ0n) is 14.0. The number of nitrogens with zero attached hydrogens (tertiary/aromatic N) is 3. The lowest BCUT2D eigenvalue weighted by Crippen LogP contribution is -1.99. The Morgan fingerprint density at radius 2 is 1.84 bits per heavy atom. The SMILES string of the molecule is CC(C)n1c(O)c(N=NC(=O)Cc2ccc(Br)cc2)c2ccccc21. The Balaban J connectivity index is 1.89. The molecule has 5 nitrogen and oxygen atoms in total. The number of para-hydroxylation sites is 1. The number of benzene rings is 2. The third-order valence-corrected chi connectivity index (χ3v) is 4.43. The van der Waals surface area contributed by atoms with E-state index in [-0.39, 0.29) is 24.2 Å². The molecule has 25 heavy (non-hydrogen) atoms. The molecule has 0 atom stereocenters. The molecule has 0 spiro atoms. The van der Waals surface area contributed by atoms with Gasteiger partial charge in [0.2, 0.25) is 5.88 Å². The van der Waals surface area contributed by atoms with Crippen molar-refractivity contribution in [3.05, 3.63) is 58.6 Å². The zero-order chi connectivity index (χ0) is 18.0. The topological polar surface area (TPSA) is 66.9 Å². The third-order valence-electron chi connectivity index (χ3n) is 3.91. The molecule has 0 fully saturated rings. The van der Waals surface area contributed by atoms with Crippen molar-refractivity contribution in [1.82, 2.24) is 4.57 Å². The van der Waals surface area contributed by atoms with Gasteiger partial charge in [0.1, 0.15) is 0 Å². The summed E-state index contributed by atoms with van der Waals surface area (Å²) in [4.78, 5) is 12.1. The lowest BCUT2D eigenvalue weighted by molar-refractivity contribution is -0.117. The lowest BCUT2D eigenvalue weighted by atomic mass is 10.1. The van der Waals surface area contributed by atoms with Crippen LogP contribution in [-0.4, -0.2) is 15.6 Å². The molecule has 2 aromatic carbocycles. The van der Waals surface area contributed by atoms with Crippen LogP contribution < -0.4 is 0 Å². The monoisotopic (exact) mass is 399 g/mol. The van der Waals surface area contributed by atoms with Gasteiger partial charge < -0.3 is 9.67 Å². The van der Waals surface area contributed by atoms with E-state index in [2.05, 4.69) is 26.2 Å². The molecule has 1 aromatic heterocycles. The second-order valence-corrected chi connectivity index (χ2v) is 6.97. The molecule has 0 radical (unpaired) electrons. The minimum absolute atomic E-state index is 0.0244. The maximum Gasteiger partial charge on any atom is 0.269 e. The van der Waals surface area contributed by atoms with Crippen molar-refractivity contribution in [1.29, 1.82) is 0 Å². The first kappa shape index (κ1) is 17.4. The number of azo groups is 1. The van der Waals surface area contributed by atoms with Gasteiger partial charge in [-0.05, 0) is 37.6 Å². The maximum atomic E-state index is 12.1. The average molecular weight is 400 g/mol. The highest BCUT2D eigenvalue weighted by atomic mass is 79.9. The molecule has 0 aliphatic carbocycles. The molecule has 3 rings (SSSR count). The number of amides is 1. The summed E-state index contributed by atoms with van der Waals surface area (Å²) in [7, 11) is 0. The van der Waals surface area contributed by atoms with E-state index >= 15 is 0 Å². The smallest absolute Gasteiger partial charge is 0.269 e. The first-order chi connectivity index (χ1) is 12.0. The van der Waals surface area contributed by atoms with Gasteiger partial charge in [-0.3, -0.25) is 4.79 Å². The number of carbonyl (C=O) groups excluding carboxylic acids is 1. The maximum absolute atomic E-state index is 12.1. The number of hydrogen-bond acceptors (Lipinski definition) is 3. The summed E-state index contributed by atoms with van der Waals surface area (Å²) in [6.07, 6.45) is 0.167. The van der Waals surface area contributed by atoms with E-state index in [4.69, 9.17) is 0 Å². The van der Waals surface area contributed by atoms with E-state index < -0.39 is 0 Å². The summed E-state index contributed by atoms with van der Waals surface area (Å²) in [5.74, 6) is -0.334. The Hall–Kier alpha value is -2.47. The minimum Gasteiger partial charge on any atom is -0.493 e. The summed E-state index contributed by atoms with van der Waals surface area (Å²) in [6.45, 7) is 3.96. The molecule has 0 aliphatic heterocycles. The van der Waals surface area contributed by atoms with Gasteiger partial charge in [0.15, 0.2) is 5.69 Å². The molecule has 3 aromatic rings. The highest BCUT2D eigenvalue weighted by Gasteiger charge is 2.18. The Bertz CT molecular complexity index is 943. The number of rotatable bonds is 4. The van der Waals surface area contributed by atoms with Gasteiger partial charge in [0.05, 0.1) is 11.9 Å². The van der Waals surface area contributed by atoms with Crippen LogP contribution >= 0.6 is 15.9 Å². The summed E-state index contributed by atoms with van der Waals surface area (Å²) in [6, 6.07) is 15.1. The van der Waals surface area contributed by atoms with Crippen LogP contribution in [0.3, 0.4) is 0 Å². The van der Waals surface area contributed by atoms with Gasteiger partial charge >= 0.3 is 0 Å². The van der Waals surface area contributed by atoms with Crippen molar-refractivity contribution < 1.29 is 9.90 Å². The van der Waals surface area contributed by atoms with Crippen LogP contribution in [0.25, 0.3) is 10.9 Å². The molecule has 0 unspecified atom stereocenters. The van der Waals surface area contributed by atoms with Crippen LogP contribution in [0.5, 0.6) is 5.88 Å². The van der Waals surface area contributed by atoms with E-state index in [0.29, 0.717) is 5.69 Å².